The topological polar surface area (TPSA) is 0 Å². The first-order valence-electron chi connectivity index (χ1n) is 8.93. The van der Waals surface area contributed by atoms with Gasteiger partial charge in [0.1, 0.15) is 0 Å². The van der Waals surface area contributed by atoms with E-state index in [2.05, 4.69) is 95.3 Å². The predicted molar refractivity (Wildman–Crippen MR) is 107 cm³/mol. The van der Waals surface area contributed by atoms with Crippen molar-refractivity contribution in [2.24, 2.45) is 0 Å². The second-order valence-electron chi connectivity index (χ2n) is 8.45. The molecule has 0 bridgehead atoms. The molecule has 3 aromatic carbocycles. The smallest absolute Gasteiger partial charge is 0.0782 e. The summed E-state index contributed by atoms with van der Waals surface area (Å²) in [6.45, 7) is 12.4. The lowest BCUT2D eigenvalue weighted by Crippen LogP contribution is -2.61. The fraction of sp³-hybridized carbons (Fsp3) is 0.304. The number of aryl methyl sites for hydroxylation is 1. The molecule has 24 heavy (non-hydrogen) atoms. The fourth-order valence-electron chi connectivity index (χ4n) is 5.53. The van der Waals surface area contributed by atoms with Gasteiger partial charge in [-0.05, 0) is 45.0 Å². The molecule has 0 nitrogen and oxygen atoms in total. The van der Waals surface area contributed by atoms with Crippen LogP contribution in [0.3, 0.4) is 0 Å². The van der Waals surface area contributed by atoms with Gasteiger partial charge >= 0.3 is 0 Å². The van der Waals surface area contributed by atoms with E-state index in [0.29, 0.717) is 6.71 Å². The zero-order valence-corrected chi connectivity index (χ0v) is 15.4. The van der Waals surface area contributed by atoms with Crippen LogP contribution in [0.15, 0.2) is 60.7 Å². The van der Waals surface area contributed by atoms with E-state index in [1.807, 2.05) is 0 Å². The highest BCUT2D eigenvalue weighted by Crippen LogP contribution is 2.49. The van der Waals surface area contributed by atoms with E-state index in [-0.39, 0.29) is 10.6 Å². The minimum Gasteiger partial charge on any atom is -0.0782 e. The Morgan fingerprint density at radius 2 is 1.42 bits per heavy atom. The van der Waals surface area contributed by atoms with Crippen LogP contribution in [0, 0.1) is 6.92 Å². The Bertz CT molecular complexity index is 919. The molecule has 1 aliphatic rings. The molecule has 0 saturated carbocycles. The van der Waals surface area contributed by atoms with Gasteiger partial charge < -0.3 is 0 Å². The van der Waals surface area contributed by atoms with Crippen LogP contribution in [0.25, 0.3) is 10.8 Å². The highest BCUT2D eigenvalue weighted by Gasteiger charge is 2.51. The van der Waals surface area contributed by atoms with Crippen LogP contribution in [0.2, 0.25) is 0 Å². The monoisotopic (exact) mass is 312 g/mol. The van der Waals surface area contributed by atoms with Crippen LogP contribution < -0.4 is 5.46 Å². The Labute approximate surface area is 146 Å². The maximum absolute atomic E-state index is 2.43. The normalized spacial score (nSPS) is 18.0. The lowest BCUT2D eigenvalue weighted by molar-refractivity contribution is 0.633. The summed E-state index contributed by atoms with van der Waals surface area (Å²) in [5.41, 5.74) is 5.88. The summed E-state index contributed by atoms with van der Waals surface area (Å²) in [4.78, 5) is 0. The third-order valence-electron chi connectivity index (χ3n) is 6.17. The molecule has 120 valence electrons. The van der Waals surface area contributed by atoms with Crippen LogP contribution in [0.1, 0.15) is 44.4 Å². The maximum atomic E-state index is 2.43. The molecular formula is C23H25B. The van der Waals surface area contributed by atoms with Gasteiger partial charge in [-0.15, -0.1) is 0 Å². The summed E-state index contributed by atoms with van der Waals surface area (Å²) in [6, 6.07) is 22.5. The molecule has 0 unspecified atom stereocenters. The van der Waals surface area contributed by atoms with Crippen LogP contribution in [0.4, 0.5) is 0 Å². The van der Waals surface area contributed by atoms with Gasteiger partial charge in [0.15, 0.2) is 6.71 Å². The molecule has 0 aromatic heterocycles. The van der Waals surface area contributed by atoms with Gasteiger partial charge in [0.25, 0.3) is 0 Å². The second-order valence-corrected chi connectivity index (χ2v) is 8.45. The quantitative estimate of drug-likeness (QED) is 0.542. The van der Waals surface area contributed by atoms with Crippen molar-refractivity contribution in [2.45, 2.75) is 45.2 Å². The van der Waals surface area contributed by atoms with Gasteiger partial charge in [-0.2, -0.15) is 0 Å². The van der Waals surface area contributed by atoms with Crippen LogP contribution in [0.5, 0.6) is 0 Å². The van der Waals surface area contributed by atoms with Crippen molar-refractivity contribution in [3.05, 3.63) is 77.4 Å². The third kappa shape index (κ3) is 1.94. The van der Waals surface area contributed by atoms with Crippen LogP contribution >= 0.6 is 0 Å². The van der Waals surface area contributed by atoms with E-state index in [1.165, 1.54) is 32.9 Å². The first-order valence-corrected chi connectivity index (χ1v) is 8.93. The molecule has 0 radical (unpaired) electrons. The minimum absolute atomic E-state index is 0.0861. The molecule has 1 aliphatic heterocycles. The van der Waals surface area contributed by atoms with E-state index >= 15 is 0 Å². The average molecular weight is 312 g/mol. The van der Waals surface area contributed by atoms with Gasteiger partial charge in [0.05, 0.1) is 0 Å². The molecule has 0 N–H and O–H groups in total. The number of hydrogen-bond donors (Lipinski definition) is 0. The lowest BCUT2D eigenvalue weighted by atomic mass is 9.17. The standard InChI is InChI=1S/C23H25B/c1-16-14-15-17-10-9-13-19-20(17)21(16)23(4,5)24(22(19,2)3)18-11-7-6-8-12-18/h6-15H,1-5H3. The van der Waals surface area contributed by atoms with Crippen molar-refractivity contribution in [3.63, 3.8) is 0 Å². The number of hydrogen-bond acceptors (Lipinski definition) is 0. The SMILES string of the molecule is Cc1ccc2cccc3c2c1C(C)(C)B(c1ccccc1)C3(C)C. The summed E-state index contributed by atoms with van der Waals surface area (Å²) in [7, 11) is 0. The van der Waals surface area contributed by atoms with E-state index in [0.717, 1.165) is 0 Å². The van der Waals surface area contributed by atoms with Crippen LogP contribution in [-0.2, 0) is 10.6 Å². The molecule has 1 heteroatoms. The van der Waals surface area contributed by atoms with E-state index < -0.39 is 0 Å². The molecule has 0 aliphatic carbocycles. The Balaban J connectivity index is 2.14. The van der Waals surface area contributed by atoms with Gasteiger partial charge in [-0.3, -0.25) is 0 Å². The molecule has 0 saturated heterocycles. The summed E-state index contributed by atoms with van der Waals surface area (Å²) < 4.78 is 0. The first kappa shape index (κ1) is 15.5. The Hall–Kier alpha value is -2.02. The van der Waals surface area contributed by atoms with Gasteiger partial charge in [-0.25, -0.2) is 0 Å². The number of benzene rings is 3. The lowest BCUT2D eigenvalue weighted by Gasteiger charge is -2.49. The van der Waals surface area contributed by atoms with E-state index in [1.54, 1.807) is 0 Å². The largest absolute Gasteiger partial charge is 0.196 e. The fourth-order valence-corrected chi connectivity index (χ4v) is 5.53. The first-order chi connectivity index (χ1) is 11.3. The summed E-state index contributed by atoms with van der Waals surface area (Å²) >= 11 is 0. The van der Waals surface area contributed by atoms with E-state index in [9.17, 15) is 0 Å². The van der Waals surface area contributed by atoms with Crippen molar-refractivity contribution in [1.29, 1.82) is 0 Å². The second kappa shape index (κ2) is 4.99. The highest BCUT2D eigenvalue weighted by molar-refractivity contribution is 6.79. The van der Waals surface area contributed by atoms with Gasteiger partial charge in [0.2, 0.25) is 0 Å². The van der Waals surface area contributed by atoms with Gasteiger partial charge in [-0.1, -0.05) is 93.8 Å². The predicted octanol–water partition coefficient (Wildman–Crippen LogP) is 5.20. The average Bonchev–Trinajstić information content (AvgIpc) is 2.53. The zero-order chi connectivity index (χ0) is 17.1. The van der Waals surface area contributed by atoms with E-state index in [4.69, 9.17) is 0 Å². The number of rotatable bonds is 1. The summed E-state index contributed by atoms with van der Waals surface area (Å²) in [6.07, 6.45) is 0. The molecule has 4 rings (SSSR count). The molecule has 0 amide bonds. The molecule has 0 spiro atoms. The molecule has 1 heterocycles. The van der Waals surface area contributed by atoms with Crippen molar-refractivity contribution in [3.8, 4) is 0 Å². The van der Waals surface area contributed by atoms with Crippen molar-refractivity contribution >= 4 is 22.9 Å². The molecule has 0 fully saturated rings. The third-order valence-corrected chi connectivity index (χ3v) is 6.17. The minimum atomic E-state index is 0.0861. The Morgan fingerprint density at radius 1 is 0.708 bits per heavy atom. The molecular weight excluding hydrogens is 287 g/mol. The van der Waals surface area contributed by atoms with Crippen LogP contribution in [-0.4, -0.2) is 6.71 Å². The maximum Gasteiger partial charge on any atom is 0.196 e. The van der Waals surface area contributed by atoms with Gasteiger partial charge in [0, 0.05) is 0 Å². The Kier molecular flexibility index (Phi) is 3.22. The summed E-state index contributed by atoms with van der Waals surface area (Å²) in [5.74, 6) is 0. The van der Waals surface area contributed by atoms with Crippen molar-refractivity contribution in [1.82, 2.24) is 0 Å². The van der Waals surface area contributed by atoms with Crippen molar-refractivity contribution < 1.29 is 0 Å². The highest BCUT2D eigenvalue weighted by atomic mass is 14.4. The molecule has 3 aromatic rings. The molecule has 0 atom stereocenters. The Morgan fingerprint density at radius 3 is 2.12 bits per heavy atom. The summed E-state index contributed by atoms with van der Waals surface area (Å²) in [5, 5.41) is 3.04. The zero-order valence-electron chi connectivity index (χ0n) is 15.4. The van der Waals surface area contributed by atoms with Crippen molar-refractivity contribution in [2.75, 3.05) is 0 Å².